The van der Waals surface area contributed by atoms with Gasteiger partial charge < -0.3 is 9.88 Å². The lowest BCUT2D eigenvalue weighted by molar-refractivity contribution is 0.211. The molecule has 4 aromatic carbocycles. The van der Waals surface area contributed by atoms with Gasteiger partial charge >= 0.3 is 0 Å². The second kappa shape index (κ2) is 25.4. The Morgan fingerprint density at radius 1 is 0.491 bits per heavy atom. The number of aryl methyl sites for hydroxylation is 1. The van der Waals surface area contributed by atoms with Crippen molar-refractivity contribution in [3.63, 3.8) is 0 Å². The van der Waals surface area contributed by atoms with E-state index in [1.807, 2.05) is 18.5 Å². The Morgan fingerprint density at radius 2 is 0.947 bits per heavy atom. The predicted octanol–water partition coefficient (Wildman–Crippen LogP) is 10.6. The summed E-state index contributed by atoms with van der Waals surface area (Å²) in [5, 5.41) is 7.07. The smallest absolute Gasteiger partial charge is 0.0921 e. The summed E-state index contributed by atoms with van der Waals surface area (Å²) in [5.41, 5.74) is 9.34. The Morgan fingerprint density at radius 3 is 1.37 bits per heavy atom. The first-order chi connectivity index (χ1) is 27.9. The van der Waals surface area contributed by atoms with E-state index in [0.717, 1.165) is 65.0 Å². The van der Waals surface area contributed by atoms with Crippen LogP contribution >= 0.6 is 0 Å². The molecule has 0 saturated carbocycles. The first-order valence-corrected chi connectivity index (χ1v) is 21.3. The summed E-state index contributed by atoms with van der Waals surface area (Å²) in [6.07, 6.45) is 9.58. The molecule has 0 aliphatic heterocycles. The molecule has 3 unspecified atom stereocenters. The van der Waals surface area contributed by atoms with Crippen molar-refractivity contribution in [3.05, 3.63) is 179 Å². The molecule has 3 atom stereocenters. The molecule has 6 aromatic rings. The standard InChI is InChI=1S/C19H25N.C18H23N.C13H21N5/c1-4-20(5-2)19(18-9-7-6-8-10-18)15-17-13-11-16(3)12-14-17;1-3-19(4-2)18(17-13-9-6-10-14-17)15-16-11-7-5-8-12-16;1-3-18(4-2)13(7-11-5-6-16-17-11)8-12-9-14-10-15-12/h6-14,19H,4-5,15H2,1-3H3;5-14,18H,3-4,15H2,1-2H3;5-6,9-10,13H,3-4,7-8H2,1-2H3,(H,14,15)(H,16,17). The van der Waals surface area contributed by atoms with Crippen molar-refractivity contribution in [2.45, 2.75) is 92.3 Å². The molecule has 0 saturated heterocycles. The minimum atomic E-state index is 0.467. The molecule has 0 amide bonds. The fourth-order valence-electron chi connectivity index (χ4n) is 7.75. The number of imidazole rings is 1. The lowest BCUT2D eigenvalue weighted by atomic mass is 9.97. The number of aromatic amines is 2. The number of H-pyrrole nitrogens is 2. The van der Waals surface area contributed by atoms with Crippen molar-refractivity contribution in [1.82, 2.24) is 34.9 Å². The van der Waals surface area contributed by atoms with Gasteiger partial charge in [-0.1, -0.05) is 162 Å². The molecular formula is C50H69N7. The number of rotatable bonds is 19. The molecule has 0 aliphatic carbocycles. The van der Waals surface area contributed by atoms with Crippen LogP contribution in [0, 0.1) is 6.92 Å². The summed E-state index contributed by atoms with van der Waals surface area (Å²) in [4.78, 5) is 14.8. The second-order valence-electron chi connectivity index (χ2n) is 14.6. The average Bonchev–Trinajstić information content (AvgIpc) is 3.99. The van der Waals surface area contributed by atoms with Crippen LogP contribution in [0.5, 0.6) is 0 Å². The number of nitrogens with zero attached hydrogens (tertiary/aromatic N) is 5. The molecule has 57 heavy (non-hydrogen) atoms. The van der Waals surface area contributed by atoms with Gasteiger partial charge in [0.15, 0.2) is 0 Å². The van der Waals surface area contributed by atoms with E-state index >= 15 is 0 Å². The van der Waals surface area contributed by atoms with Crippen LogP contribution < -0.4 is 0 Å². The van der Waals surface area contributed by atoms with E-state index in [1.165, 1.54) is 39.2 Å². The van der Waals surface area contributed by atoms with Crippen LogP contribution in [0.25, 0.3) is 0 Å². The molecule has 7 nitrogen and oxygen atoms in total. The van der Waals surface area contributed by atoms with Crippen molar-refractivity contribution in [1.29, 1.82) is 0 Å². The van der Waals surface area contributed by atoms with Crippen LogP contribution in [0.2, 0.25) is 0 Å². The molecule has 7 heteroatoms. The van der Waals surface area contributed by atoms with E-state index in [4.69, 9.17) is 0 Å². The maximum atomic E-state index is 4.09. The van der Waals surface area contributed by atoms with Crippen molar-refractivity contribution < 1.29 is 0 Å². The van der Waals surface area contributed by atoms with Crippen molar-refractivity contribution in [2.75, 3.05) is 39.3 Å². The summed E-state index contributed by atoms with van der Waals surface area (Å²) in [6.45, 7) is 22.0. The molecule has 6 rings (SSSR count). The summed E-state index contributed by atoms with van der Waals surface area (Å²) >= 11 is 0. The Hall–Kier alpha value is -4.82. The largest absolute Gasteiger partial charge is 0.348 e. The molecule has 304 valence electrons. The highest BCUT2D eigenvalue weighted by Crippen LogP contribution is 2.26. The van der Waals surface area contributed by atoms with Gasteiger partial charge in [-0.15, -0.1) is 0 Å². The maximum absolute atomic E-state index is 4.09. The second-order valence-corrected chi connectivity index (χ2v) is 14.6. The Labute approximate surface area is 344 Å². The molecule has 2 N–H and O–H groups in total. The third-order valence-corrected chi connectivity index (χ3v) is 11.0. The highest BCUT2D eigenvalue weighted by molar-refractivity contribution is 5.27. The van der Waals surface area contributed by atoms with Gasteiger partial charge in [-0.3, -0.25) is 14.9 Å². The number of aromatic nitrogens is 4. The zero-order valence-corrected chi connectivity index (χ0v) is 35.8. The third kappa shape index (κ3) is 14.9. The van der Waals surface area contributed by atoms with E-state index in [0.29, 0.717) is 18.1 Å². The highest BCUT2D eigenvalue weighted by Gasteiger charge is 2.20. The van der Waals surface area contributed by atoms with E-state index in [1.54, 1.807) is 6.33 Å². The summed E-state index contributed by atoms with van der Waals surface area (Å²) in [5.74, 6) is 0. The summed E-state index contributed by atoms with van der Waals surface area (Å²) in [6, 6.07) is 44.9. The van der Waals surface area contributed by atoms with Gasteiger partial charge in [-0.2, -0.15) is 5.10 Å². The van der Waals surface area contributed by atoms with Crippen LogP contribution in [0.4, 0.5) is 0 Å². The van der Waals surface area contributed by atoms with Crippen LogP contribution in [-0.4, -0.2) is 80.2 Å². The van der Waals surface area contributed by atoms with E-state index in [-0.39, 0.29) is 0 Å². The topological polar surface area (TPSA) is 67.1 Å². The van der Waals surface area contributed by atoms with Gasteiger partial charge in [-0.05, 0) is 87.4 Å². The van der Waals surface area contributed by atoms with Crippen LogP contribution in [0.1, 0.15) is 92.8 Å². The maximum Gasteiger partial charge on any atom is 0.0921 e. The summed E-state index contributed by atoms with van der Waals surface area (Å²) < 4.78 is 0. The monoisotopic (exact) mass is 768 g/mol. The molecule has 2 heterocycles. The third-order valence-electron chi connectivity index (χ3n) is 11.0. The molecule has 0 fully saturated rings. The molecule has 0 bridgehead atoms. The van der Waals surface area contributed by atoms with Crippen molar-refractivity contribution >= 4 is 0 Å². The minimum Gasteiger partial charge on any atom is -0.348 e. The van der Waals surface area contributed by atoms with Crippen molar-refractivity contribution in [2.24, 2.45) is 0 Å². The molecular weight excluding hydrogens is 699 g/mol. The zero-order valence-electron chi connectivity index (χ0n) is 35.8. The van der Waals surface area contributed by atoms with Gasteiger partial charge in [0, 0.05) is 54.7 Å². The minimum absolute atomic E-state index is 0.467. The van der Waals surface area contributed by atoms with E-state index < -0.39 is 0 Å². The SMILES string of the molecule is CCN(CC)C(Cc1ccc(C)cc1)c1ccccc1.CCN(CC)C(Cc1ccccc1)c1ccccc1.CCN(CC)C(Cc1cnc[nH]1)Cc1ccn[nH]1. The quantitative estimate of drug-likeness (QED) is 0.0859. The highest BCUT2D eigenvalue weighted by atomic mass is 15.2. The first-order valence-electron chi connectivity index (χ1n) is 21.3. The predicted molar refractivity (Wildman–Crippen MR) is 241 cm³/mol. The fraction of sp³-hybridized carbons (Fsp3) is 0.400. The van der Waals surface area contributed by atoms with E-state index in [2.05, 4.69) is 199 Å². The molecule has 0 spiro atoms. The normalized spacial score (nSPS) is 12.7. The van der Waals surface area contributed by atoms with Crippen LogP contribution in [0.15, 0.2) is 140 Å². The summed E-state index contributed by atoms with van der Waals surface area (Å²) in [7, 11) is 0. The van der Waals surface area contributed by atoms with Gasteiger partial charge in [0.25, 0.3) is 0 Å². The number of likely N-dealkylation sites (N-methyl/N-ethyl adjacent to an activating group) is 3. The van der Waals surface area contributed by atoms with Crippen LogP contribution in [-0.2, 0) is 25.7 Å². The first kappa shape index (κ1) is 44.9. The van der Waals surface area contributed by atoms with E-state index in [9.17, 15) is 0 Å². The van der Waals surface area contributed by atoms with Gasteiger partial charge in [0.05, 0.1) is 6.33 Å². The Kier molecular flexibility index (Phi) is 20.0. The number of nitrogens with one attached hydrogen (secondary N) is 2. The molecule has 2 aromatic heterocycles. The number of hydrogen-bond acceptors (Lipinski definition) is 5. The number of benzene rings is 4. The van der Waals surface area contributed by atoms with Gasteiger partial charge in [0.1, 0.15) is 0 Å². The average molecular weight is 768 g/mol. The Balaban J connectivity index is 0.000000190. The molecule has 0 radical (unpaired) electrons. The lowest BCUT2D eigenvalue weighted by Crippen LogP contribution is -2.38. The lowest BCUT2D eigenvalue weighted by Gasteiger charge is -2.30. The van der Waals surface area contributed by atoms with Gasteiger partial charge in [0.2, 0.25) is 0 Å². The number of hydrogen-bond donors (Lipinski definition) is 2. The van der Waals surface area contributed by atoms with Gasteiger partial charge in [-0.25, -0.2) is 4.98 Å². The zero-order chi connectivity index (χ0) is 40.7. The fourth-order valence-corrected chi connectivity index (χ4v) is 7.75. The molecule has 0 aliphatic rings. The van der Waals surface area contributed by atoms with Crippen molar-refractivity contribution in [3.8, 4) is 0 Å². The van der Waals surface area contributed by atoms with Crippen LogP contribution in [0.3, 0.4) is 0 Å². The Bertz CT molecular complexity index is 1780.